The fourth-order valence-corrected chi connectivity index (χ4v) is 4.58. The Hall–Kier alpha value is -2.85. The first-order valence-electron chi connectivity index (χ1n) is 8.91. The number of fused-ring (bicyclic) bond motifs is 1. The molecule has 1 atom stereocenters. The largest absolute Gasteiger partial charge is 0.496 e. The number of anilines is 1. The van der Waals surface area contributed by atoms with Crippen LogP contribution in [0.2, 0.25) is 0 Å². The zero-order valence-corrected chi connectivity index (χ0v) is 17.4. The number of hydrogen-bond acceptors (Lipinski definition) is 7. The highest BCUT2D eigenvalue weighted by atomic mass is 32.2. The normalized spacial score (nSPS) is 16.1. The molecular formula is C19H23N3O6S. The number of rotatable bonds is 6. The van der Waals surface area contributed by atoms with Gasteiger partial charge in [0, 0.05) is 23.7 Å². The Bertz CT molecular complexity index is 1050. The van der Waals surface area contributed by atoms with Crippen LogP contribution in [0.3, 0.4) is 0 Å². The van der Waals surface area contributed by atoms with Crippen molar-refractivity contribution in [1.82, 2.24) is 4.90 Å². The van der Waals surface area contributed by atoms with E-state index in [0.717, 1.165) is 5.56 Å². The molecule has 1 aliphatic rings. The second-order valence-electron chi connectivity index (χ2n) is 7.07. The maximum Gasteiger partial charge on any atom is 0.269 e. The fraction of sp³-hybridized carbons (Fsp3) is 0.368. The van der Waals surface area contributed by atoms with E-state index in [2.05, 4.69) is 4.72 Å². The van der Waals surface area contributed by atoms with E-state index in [1.807, 2.05) is 19.0 Å². The summed E-state index contributed by atoms with van der Waals surface area (Å²) in [5.74, 6) is 1.06. The number of nitro benzene ring substituents is 1. The van der Waals surface area contributed by atoms with E-state index < -0.39 is 14.9 Å². The third kappa shape index (κ3) is 4.13. The maximum atomic E-state index is 12.9. The molecule has 0 fully saturated rings. The van der Waals surface area contributed by atoms with Crippen LogP contribution in [0.1, 0.15) is 11.1 Å². The summed E-state index contributed by atoms with van der Waals surface area (Å²) in [6.07, 6.45) is 0.650. The van der Waals surface area contributed by atoms with Crippen LogP contribution in [0.15, 0.2) is 35.2 Å². The summed E-state index contributed by atoms with van der Waals surface area (Å²) in [4.78, 5) is 12.4. The second kappa shape index (κ2) is 7.88. The molecule has 0 amide bonds. The summed E-state index contributed by atoms with van der Waals surface area (Å²) in [6.45, 7) is 1.93. The van der Waals surface area contributed by atoms with E-state index in [9.17, 15) is 18.5 Å². The van der Waals surface area contributed by atoms with Crippen molar-refractivity contribution in [3.63, 3.8) is 0 Å². The molecule has 0 unspecified atom stereocenters. The lowest BCUT2D eigenvalue weighted by molar-refractivity contribution is -0.385. The topological polar surface area (TPSA) is 111 Å². The molecule has 0 bridgehead atoms. The van der Waals surface area contributed by atoms with E-state index in [0.29, 0.717) is 30.2 Å². The van der Waals surface area contributed by atoms with Crippen LogP contribution in [-0.4, -0.2) is 52.1 Å². The predicted molar refractivity (Wildman–Crippen MR) is 108 cm³/mol. The van der Waals surface area contributed by atoms with Crippen LogP contribution >= 0.6 is 0 Å². The van der Waals surface area contributed by atoms with Crippen LogP contribution < -0.4 is 14.2 Å². The average Bonchev–Trinajstić information content (AvgIpc) is 2.67. The Labute approximate surface area is 169 Å². The van der Waals surface area contributed by atoms with Crippen molar-refractivity contribution < 1.29 is 22.8 Å². The molecule has 29 heavy (non-hydrogen) atoms. The molecule has 156 valence electrons. The first-order chi connectivity index (χ1) is 13.6. The van der Waals surface area contributed by atoms with E-state index in [4.69, 9.17) is 9.47 Å². The van der Waals surface area contributed by atoms with Crippen molar-refractivity contribution in [3.05, 3.63) is 51.6 Å². The second-order valence-corrected chi connectivity index (χ2v) is 8.72. The zero-order chi connectivity index (χ0) is 21.3. The van der Waals surface area contributed by atoms with Gasteiger partial charge in [-0.1, -0.05) is 0 Å². The number of nitrogens with one attached hydrogen (secondary N) is 1. The fourth-order valence-electron chi connectivity index (χ4n) is 3.29. The number of hydrogen-bond donors (Lipinski definition) is 1. The van der Waals surface area contributed by atoms with Gasteiger partial charge in [0.25, 0.3) is 15.7 Å². The van der Waals surface area contributed by atoms with E-state index in [1.165, 1.54) is 25.1 Å². The molecule has 0 saturated heterocycles. The lowest BCUT2D eigenvalue weighted by Gasteiger charge is -2.32. The summed E-state index contributed by atoms with van der Waals surface area (Å²) < 4.78 is 39.8. The van der Waals surface area contributed by atoms with E-state index in [-0.39, 0.29) is 22.2 Å². The molecule has 0 radical (unpaired) electrons. The number of likely N-dealkylation sites (N-methyl/N-ethyl adjacent to an activating group) is 1. The quantitative estimate of drug-likeness (QED) is 0.564. The van der Waals surface area contributed by atoms with Crippen LogP contribution in [-0.2, 0) is 16.4 Å². The summed E-state index contributed by atoms with van der Waals surface area (Å²) in [5, 5.41) is 10.9. The standard InChI is InChI=1S/C19H23N3O6S/c1-12-9-13(22(23)24)5-8-18(12)29(25,26)20-16-6-7-17(27-4)15-10-14(21(2)3)11-28-19(15)16/h5-9,14,20H,10-11H2,1-4H3/t14-/m1/s1. The van der Waals surface area contributed by atoms with Gasteiger partial charge in [-0.2, -0.15) is 0 Å². The van der Waals surface area contributed by atoms with Gasteiger partial charge >= 0.3 is 0 Å². The highest BCUT2D eigenvalue weighted by Crippen LogP contribution is 2.40. The monoisotopic (exact) mass is 421 g/mol. The van der Waals surface area contributed by atoms with Crippen molar-refractivity contribution in [3.8, 4) is 11.5 Å². The first kappa shape index (κ1) is 20.9. The Kier molecular flexibility index (Phi) is 5.67. The lowest BCUT2D eigenvalue weighted by Crippen LogP contribution is -2.38. The molecule has 1 heterocycles. The number of nitrogens with zero attached hydrogens (tertiary/aromatic N) is 2. The molecular weight excluding hydrogens is 398 g/mol. The number of non-ortho nitro benzene ring substituents is 1. The SMILES string of the molecule is COc1ccc(NS(=O)(=O)c2ccc([N+](=O)[O-])cc2C)c2c1C[C@@H](N(C)C)CO2. The highest BCUT2D eigenvalue weighted by Gasteiger charge is 2.29. The van der Waals surface area contributed by atoms with Crippen molar-refractivity contribution in [2.75, 3.05) is 32.5 Å². The van der Waals surface area contributed by atoms with Crippen LogP contribution in [0.4, 0.5) is 11.4 Å². The van der Waals surface area contributed by atoms with Gasteiger partial charge in [-0.25, -0.2) is 8.42 Å². The van der Waals surface area contributed by atoms with Gasteiger partial charge in [0.15, 0.2) is 0 Å². The van der Waals surface area contributed by atoms with Gasteiger partial charge in [0.05, 0.1) is 22.6 Å². The molecule has 1 N–H and O–H groups in total. The summed E-state index contributed by atoms with van der Waals surface area (Å²) in [6, 6.07) is 7.06. The van der Waals surface area contributed by atoms with Crippen molar-refractivity contribution in [2.45, 2.75) is 24.3 Å². The van der Waals surface area contributed by atoms with Crippen LogP contribution in [0, 0.1) is 17.0 Å². The molecule has 0 aromatic heterocycles. The Morgan fingerprint density at radius 2 is 2.00 bits per heavy atom. The van der Waals surface area contributed by atoms with Gasteiger partial charge in [-0.3, -0.25) is 14.8 Å². The Morgan fingerprint density at radius 3 is 2.59 bits per heavy atom. The first-order valence-corrected chi connectivity index (χ1v) is 10.4. The number of sulfonamides is 1. The minimum absolute atomic E-state index is 0.0327. The van der Waals surface area contributed by atoms with E-state index in [1.54, 1.807) is 19.2 Å². The molecule has 3 rings (SSSR count). The Morgan fingerprint density at radius 1 is 1.28 bits per heavy atom. The van der Waals surface area contributed by atoms with Gasteiger partial charge in [-0.05, 0) is 51.2 Å². The summed E-state index contributed by atoms with van der Waals surface area (Å²) in [5.41, 5.74) is 1.21. The van der Waals surface area contributed by atoms with Gasteiger partial charge in [0.2, 0.25) is 0 Å². The molecule has 10 heteroatoms. The average molecular weight is 421 g/mol. The molecule has 9 nitrogen and oxygen atoms in total. The zero-order valence-electron chi connectivity index (χ0n) is 16.6. The summed E-state index contributed by atoms with van der Waals surface area (Å²) in [7, 11) is 1.49. The smallest absolute Gasteiger partial charge is 0.269 e. The highest BCUT2D eigenvalue weighted by molar-refractivity contribution is 7.92. The Balaban J connectivity index is 1.98. The number of nitro groups is 1. The van der Waals surface area contributed by atoms with Crippen LogP contribution in [0.5, 0.6) is 11.5 Å². The van der Waals surface area contributed by atoms with Crippen LogP contribution in [0.25, 0.3) is 0 Å². The molecule has 2 aromatic rings. The van der Waals surface area contributed by atoms with Crippen molar-refractivity contribution in [2.24, 2.45) is 0 Å². The number of ether oxygens (including phenoxy) is 2. The van der Waals surface area contributed by atoms with Crippen molar-refractivity contribution >= 4 is 21.4 Å². The number of benzene rings is 2. The molecule has 0 saturated carbocycles. The predicted octanol–water partition coefficient (Wildman–Crippen LogP) is 2.58. The van der Waals surface area contributed by atoms with Gasteiger partial charge in [0.1, 0.15) is 18.1 Å². The lowest BCUT2D eigenvalue weighted by atomic mass is 10.00. The molecule has 0 aliphatic carbocycles. The van der Waals surface area contributed by atoms with Gasteiger partial charge in [-0.15, -0.1) is 0 Å². The third-order valence-corrected chi connectivity index (χ3v) is 6.46. The summed E-state index contributed by atoms with van der Waals surface area (Å²) >= 11 is 0. The molecule has 1 aliphatic heterocycles. The minimum atomic E-state index is -3.97. The maximum absolute atomic E-state index is 12.9. The molecule has 0 spiro atoms. The number of aryl methyl sites for hydroxylation is 1. The molecule has 2 aromatic carbocycles. The number of methoxy groups -OCH3 is 1. The third-order valence-electron chi connectivity index (χ3n) is 4.93. The van der Waals surface area contributed by atoms with E-state index >= 15 is 0 Å². The van der Waals surface area contributed by atoms with Crippen molar-refractivity contribution in [1.29, 1.82) is 0 Å². The minimum Gasteiger partial charge on any atom is -0.496 e. The van der Waals surface area contributed by atoms with Gasteiger partial charge < -0.3 is 14.4 Å².